The number of hydrogen-bond donors (Lipinski definition) is 1. The van der Waals surface area contributed by atoms with E-state index in [9.17, 15) is 0 Å². The first-order valence-electron chi connectivity index (χ1n) is 5.91. The molecule has 2 N–H and O–H groups in total. The number of nitrogens with two attached hydrogens (primary N) is 1. The van der Waals surface area contributed by atoms with E-state index in [-0.39, 0.29) is 5.54 Å². The molecule has 1 aromatic rings. The number of rotatable bonds is 2. The molecule has 1 aliphatic rings. The van der Waals surface area contributed by atoms with Gasteiger partial charge in [0.05, 0.1) is 11.2 Å². The lowest BCUT2D eigenvalue weighted by molar-refractivity contribution is 0.472. The van der Waals surface area contributed by atoms with Crippen molar-refractivity contribution < 1.29 is 0 Å². The van der Waals surface area contributed by atoms with Gasteiger partial charge >= 0.3 is 0 Å². The maximum absolute atomic E-state index is 6.24. The average Bonchev–Trinajstić information content (AvgIpc) is 2.51. The Balaban J connectivity index is 2.29. The second kappa shape index (κ2) is 4.22. The molecule has 15 heavy (non-hydrogen) atoms. The molecular weight excluding hydrogens is 204 g/mol. The van der Waals surface area contributed by atoms with Crippen LogP contribution < -0.4 is 5.73 Å². The first-order chi connectivity index (χ1) is 7.13. The summed E-state index contributed by atoms with van der Waals surface area (Å²) >= 11 is 1.84. The van der Waals surface area contributed by atoms with Gasteiger partial charge in [-0.15, -0.1) is 11.3 Å². The molecule has 3 heteroatoms. The molecule has 0 bridgehead atoms. The van der Waals surface area contributed by atoms with Crippen LogP contribution >= 0.6 is 11.3 Å². The number of nitrogens with zero attached hydrogens (tertiary/aromatic N) is 1. The molecule has 0 aromatic carbocycles. The van der Waals surface area contributed by atoms with Crippen molar-refractivity contribution in [2.24, 2.45) is 5.73 Å². The van der Waals surface area contributed by atoms with Crippen LogP contribution in [-0.2, 0) is 18.4 Å². The Morgan fingerprint density at radius 3 is 2.80 bits per heavy atom. The van der Waals surface area contributed by atoms with Crippen molar-refractivity contribution in [2.75, 3.05) is 0 Å². The summed E-state index contributed by atoms with van der Waals surface area (Å²) in [5, 5.41) is 1.14. The Labute approximate surface area is 95.9 Å². The topological polar surface area (TPSA) is 38.9 Å². The highest BCUT2D eigenvalue weighted by molar-refractivity contribution is 7.11. The second-order valence-electron chi connectivity index (χ2n) is 4.72. The zero-order valence-electron chi connectivity index (χ0n) is 9.68. The summed E-state index contributed by atoms with van der Waals surface area (Å²) in [6, 6.07) is 0. The molecule has 0 aliphatic heterocycles. The van der Waals surface area contributed by atoms with Crippen LogP contribution in [0.25, 0.3) is 0 Å². The summed E-state index contributed by atoms with van der Waals surface area (Å²) in [5.41, 5.74) is 7.34. The Morgan fingerprint density at radius 2 is 2.07 bits per heavy atom. The van der Waals surface area contributed by atoms with Gasteiger partial charge in [0.15, 0.2) is 0 Å². The minimum absolute atomic E-state index is 0.225. The predicted molar refractivity (Wildman–Crippen MR) is 65.2 cm³/mol. The van der Waals surface area contributed by atoms with Gasteiger partial charge in [-0.3, -0.25) is 0 Å². The third-order valence-corrected chi connectivity index (χ3v) is 4.76. The van der Waals surface area contributed by atoms with Crippen LogP contribution in [0.3, 0.4) is 0 Å². The van der Waals surface area contributed by atoms with E-state index < -0.39 is 0 Å². The van der Waals surface area contributed by atoms with E-state index in [2.05, 4.69) is 13.8 Å². The van der Waals surface area contributed by atoms with Gasteiger partial charge in [0.1, 0.15) is 5.01 Å². The third kappa shape index (κ3) is 2.23. The third-order valence-electron chi connectivity index (χ3n) is 3.32. The fourth-order valence-corrected chi connectivity index (χ4v) is 3.20. The van der Waals surface area contributed by atoms with Crippen LogP contribution in [0, 0.1) is 0 Å². The summed E-state index contributed by atoms with van der Waals surface area (Å²) in [7, 11) is 0. The van der Waals surface area contributed by atoms with E-state index in [4.69, 9.17) is 10.7 Å². The molecule has 0 spiro atoms. The second-order valence-corrected chi connectivity index (χ2v) is 5.80. The van der Waals surface area contributed by atoms with Crippen molar-refractivity contribution in [3.05, 3.63) is 15.6 Å². The van der Waals surface area contributed by atoms with Gasteiger partial charge in [-0.1, -0.05) is 13.3 Å². The van der Waals surface area contributed by atoms with Crippen molar-refractivity contribution in [3.63, 3.8) is 0 Å². The maximum Gasteiger partial charge on any atom is 0.113 e. The SMILES string of the molecule is CCC(C)(N)c1nc2c(s1)CCCCC2. The van der Waals surface area contributed by atoms with Gasteiger partial charge in [-0.05, 0) is 39.0 Å². The Kier molecular flexibility index (Phi) is 3.12. The zero-order valence-corrected chi connectivity index (χ0v) is 10.5. The van der Waals surface area contributed by atoms with Crippen LogP contribution in [-0.4, -0.2) is 4.98 Å². The van der Waals surface area contributed by atoms with Gasteiger partial charge < -0.3 is 5.73 Å². The Morgan fingerprint density at radius 1 is 1.33 bits per heavy atom. The monoisotopic (exact) mass is 224 g/mol. The van der Waals surface area contributed by atoms with Gasteiger partial charge in [0.25, 0.3) is 0 Å². The first kappa shape index (κ1) is 11.1. The van der Waals surface area contributed by atoms with E-state index in [0.29, 0.717) is 0 Å². The molecule has 0 saturated heterocycles. The maximum atomic E-state index is 6.24. The van der Waals surface area contributed by atoms with E-state index >= 15 is 0 Å². The van der Waals surface area contributed by atoms with E-state index in [1.54, 1.807) is 0 Å². The summed E-state index contributed by atoms with van der Waals surface area (Å²) in [6.07, 6.45) is 7.30. The molecule has 0 saturated carbocycles. The number of aryl methyl sites for hydroxylation is 2. The highest BCUT2D eigenvalue weighted by Crippen LogP contribution is 2.32. The molecule has 84 valence electrons. The van der Waals surface area contributed by atoms with Gasteiger partial charge in [-0.25, -0.2) is 4.98 Å². The van der Waals surface area contributed by atoms with E-state index in [1.807, 2.05) is 11.3 Å². The number of thiazole rings is 1. The first-order valence-corrected chi connectivity index (χ1v) is 6.73. The largest absolute Gasteiger partial charge is 0.320 e. The van der Waals surface area contributed by atoms with Crippen molar-refractivity contribution in [1.82, 2.24) is 4.98 Å². The summed E-state index contributed by atoms with van der Waals surface area (Å²) in [5.74, 6) is 0. The molecular formula is C12H20N2S. The lowest BCUT2D eigenvalue weighted by atomic mass is 10.0. The minimum atomic E-state index is -0.225. The molecule has 0 radical (unpaired) electrons. The van der Waals surface area contributed by atoms with Crippen LogP contribution in [0.1, 0.15) is 55.1 Å². The normalized spacial score (nSPS) is 20.5. The van der Waals surface area contributed by atoms with Crippen molar-refractivity contribution >= 4 is 11.3 Å². The smallest absolute Gasteiger partial charge is 0.113 e. The van der Waals surface area contributed by atoms with Crippen LogP contribution in [0.2, 0.25) is 0 Å². The van der Waals surface area contributed by atoms with Crippen molar-refractivity contribution in [2.45, 2.75) is 57.9 Å². The van der Waals surface area contributed by atoms with E-state index in [1.165, 1.54) is 36.3 Å². The molecule has 1 unspecified atom stereocenters. The highest BCUT2D eigenvalue weighted by Gasteiger charge is 2.25. The van der Waals surface area contributed by atoms with Crippen LogP contribution in [0.15, 0.2) is 0 Å². The number of aromatic nitrogens is 1. The molecule has 1 atom stereocenters. The summed E-state index contributed by atoms with van der Waals surface area (Å²) in [4.78, 5) is 6.24. The quantitative estimate of drug-likeness (QED) is 0.784. The number of hydrogen-bond acceptors (Lipinski definition) is 3. The van der Waals surface area contributed by atoms with Gasteiger partial charge in [0, 0.05) is 4.88 Å². The van der Waals surface area contributed by atoms with Crippen LogP contribution in [0.4, 0.5) is 0 Å². The Bertz CT molecular complexity index is 318. The standard InChI is InChI=1S/C12H20N2S/c1-3-12(2,13)11-14-9-7-5-4-6-8-10(9)15-11/h3-8,13H2,1-2H3. The molecule has 1 aliphatic carbocycles. The van der Waals surface area contributed by atoms with E-state index in [0.717, 1.165) is 17.8 Å². The fourth-order valence-electron chi connectivity index (χ4n) is 1.92. The Hall–Kier alpha value is -0.410. The van der Waals surface area contributed by atoms with Gasteiger partial charge in [0.2, 0.25) is 0 Å². The average molecular weight is 224 g/mol. The molecule has 1 heterocycles. The van der Waals surface area contributed by atoms with Crippen LogP contribution in [0.5, 0.6) is 0 Å². The summed E-state index contributed by atoms with van der Waals surface area (Å²) < 4.78 is 0. The molecule has 0 fully saturated rings. The highest BCUT2D eigenvalue weighted by atomic mass is 32.1. The zero-order chi connectivity index (χ0) is 10.9. The molecule has 2 rings (SSSR count). The molecule has 2 nitrogen and oxygen atoms in total. The molecule has 1 aromatic heterocycles. The molecule has 0 amide bonds. The lowest BCUT2D eigenvalue weighted by Gasteiger charge is -2.19. The summed E-state index contributed by atoms with van der Waals surface area (Å²) in [6.45, 7) is 4.22. The van der Waals surface area contributed by atoms with Crippen molar-refractivity contribution in [3.8, 4) is 0 Å². The lowest BCUT2D eigenvalue weighted by Crippen LogP contribution is -2.31. The predicted octanol–water partition coefficient (Wildman–Crippen LogP) is 3.00. The fraction of sp³-hybridized carbons (Fsp3) is 0.750. The number of fused-ring (bicyclic) bond motifs is 1. The minimum Gasteiger partial charge on any atom is -0.320 e. The van der Waals surface area contributed by atoms with Crippen molar-refractivity contribution in [1.29, 1.82) is 0 Å². The van der Waals surface area contributed by atoms with Gasteiger partial charge in [-0.2, -0.15) is 0 Å².